The third-order valence-electron chi connectivity index (χ3n) is 2.73. The summed E-state index contributed by atoms with van der Waals surface area (Å²) in [4.78, 5) is 13.4. The Morgan fingerprint density at radius 1 is 1.44 bits per heavy atom. The van der Waals surface area contributed by atoms with Crippen LogP contribution in [0.25, 0.3) is 0 Å². The van der Waals surface area contributed by atoms with Crippen LogP contribution >= 0.6 is 0 Å². The zero-order chi connectivity index (χ0) is 13.1. The van der Waals surface area contributed by atoms with E-state index in [2.05, 4.69) is 10.2 Å². The van der Waals surface area contributed by atoms with E-state index in [1.807, 2.05) is 0 Å². The van der Waals surface area contributed by atoms with Crippen molar-refractivity contribution in [2.24, 2.45) is 0 Å². The molecule has 1 saturated heterocycles. The maximum Gasteiger partial charge on any atom is 0.330 e. The minimum absolute atomic E-state index is 0.271. The predicted octanol–water partition coefficient (Wildman–Crippen LogP) is 0.418. The van der Waals surface area contributed by atoms with Crippen LogP contribution in [0, 0.1) is 0 Å². The van der Waals surface area contributed by atoms with E-state index in [0.717, 1.165) is 45.8 Å². The normalized spacial score (nSPS) is 17.2. The van der Waals surface area contributed by atoms with E-state index in [9.17, 15) is 4.79 Å². The van der Waals surface area contributed by atoms with Crippen LogP contribution in [0.3, 0.4) is 0 Å². The fourth-order valence-electron chi connectivity index (χ4n) is 1.78. The summed E-state index contributed by atoms with van der Waals surface area (Å²) in [6.45, 7) is 8.81. The van der Waals surface area contributed by atoms with Crippen LogP contribution in [0.1, 0.15) is 13.3 Å². The van der Waals surface area contributed by atoms with E-state index in [0.29, 0.717) is 13.2 Å². The van der Waals surface area contributed by atoms with Gasteiger partial charge in [0.2, 0.25) is 0 Å². The number of morpholine rings is 1. The summed E-state index contributed by atoms with van der Waals surface area (Å²) in [6.07, 6.45) is 4.39. The quantitative estimate of drug-likeness (QED) is 0.387. The molecule has 1 fully saturated rings. The maximum atomic E-state index is 11.0. The highest BCUT2D eigenvalue weighted by Crippen LogP contribution is 1.97. The molecule has 5 heteroatoms. The van der Waals surface area contributed by atoms with E-state index >= 15 is 0 Å². The standard InChI is InChI=1S/C13H24N2O3/c1-2-18-13(16)5-3-6-14-7-4-8-15-9-11-17-12-10-15/h3,5,14H,2,4,6-12H2,1H3/b5-3+. The molecule has 1 aliphatic heterocycles. The summed E-state index contributed by atoms with van der Waals surface area (Å²) in [6, 6.07) is 0. The molecule has 0 unspecified atom stereocenters. The van der Waals surface area contributed by atoms with Crippen molar-refractivity contribution in [3.8, 4) is 0 Å². The molecule has 0 saturated carbocycles. The Hall–Kier alpha value is -0.910. The number of nitrogens with zero attached hydrogens (tertiary/aromatic N) is 1. The Morgan fingerprint density at radius 2 is 2.22 bits per heavy atom. The minimum Gasteiger partial charge on any atom is -0.463 e. The Bertz CT molecular complexity index is 251. The van der Waals surface area contributed by atoms with Crippen molar-refractivity contribution >= 4 is 5.97 Å². The lowest BCUT2D eigenvalue weighted by Crippen LogP contribution is -2.37. The molecule has 0 aromatic carbocycles. The number of hydrogen-bond acceptors (Lipinski definition) is 5. The molecule has 0 aromatic heterocycles. The van der Waals surface area contributed by atoms with Gasteiger partial charge in [-0.2, -0.15) is 0 Å². The third-order valence-corrected chi connectivity index (χ3v) is 2.73. The molecule has 0 bridgehead atoms. The van der Waals surface area contributed by atoms with Crippen molar-refractivity contribution in [1.82, 2.24) is 10.2 Å². The van der Waals surface area contributed by atoms with Crippen LogP contribution in [0.4, 0.5) is 0 Å². The Balaban J connectivity index is 1.90. The molecule has 0 amide bonds. The topological polar surface area (TPSA) is 50.8 Å². The van der Waals surface area contributed by atoms with Crippen LogP contribution in [0.2, 0.25) is 0 Å². The minimum atomic E-state index is -0.271. The van der Waals surface area contributed by atoms with Gasteiger partial charge in [0.25, 0.3) is 0 Å². The average molecular weight is 256 g/mol. The van der Waals surface area contributed by atoms with Gasteiger partial charge in [0.1, 0.15) is 0 Å². The van der Waals surface area contributed by atoms with Gasteiger partial charge >= 0.3 is 5.97 Å². The maximum absolute atomic E-state index is 11.0. The summed E-state index contributed by atoms with van der Waals surface area (Å²) in [5.74, 6) is -0.271. The van der Waals surface area contributed by atoms with Crippen LogP contribution in [-0.4, -0.2) is 63.4 Å². The molecule has 104 valence electrons. The van der Waals surface area contributed by atoms with E-state index < -0.39 is 0 Å². The molecular formula is C13H24N2O3. The van der Waals surface area contributed by atoms with Gasteiger partial charge in [-0.15, -0.1) is 0 Å². The molecule has 18 heavy (non-hydrogen) atoms. The molecule has 1 heterocycles. The van der Waals surface area contributed by atoms with E-state index in [-0.39, 0.29) is 5.97 Å². The SMILES string of the molecule is CCOC(=O)/C=C/CNCCCN1CCOCC1. The van der Waals surface area contributed by atoms with Gasteiger partial charge in [-0.1, -0.05) is 6.08 Å². The lowest BCUT2D eigenvalue weighted by Gasteiger charge is -2.26. The lowest BCUT2D eigenvalue weighted by atomic mass is 10.3. The molecule has 1 aliphatic rings. The van der Waals surface area contributed by atoms with Gasteiger partial charge in [0, 0.05) is 25.7 Å². The number of esters is 1. The fourth-order valence-corrected chi connectivity index (χ4v) is 1.78. The number of carbonyl (C=O) groups is 1. The van der Waals surface area contributed by atoms with Gasteiger partial charge in [-0.3, -0.25) is 4.90 Å². The van der Waals surface area contributed by atoms with E-state index in [1.165, 1.54) is 6.08 Å². The first-order valence-electron chi connectivity index (χ1n) is 6.67. The van der Waals surface area contributed by atoms with Crippen molar-refractivity contribution in [1.29, 1.82) is 0 Å². The molecule has 0 radical (unpaired) electrons. The van der Waals surface area contributed by atoms with Gasteiger partial charge in [0.15, 0.2) is 0 Å². The van der Waals surface area contributed by atoms with Crippen molar-refractivity contribution in [2.45, 2.75) is 13.3 Å². The Labute approximate surface area is 109 Å². The van der Waals surface area contributed by atoms with Gasteiger partial charge in [-0.05, 0) is 26.4 Å². The van der Waals surface area contributed by atoms with Crippen molar-refractivity contribution < 1.29 is 14.3 Å². The van der Waals surface area contributed by atoms with E-state index in [4.69, 9.17) is 9.47 Å². The first-order valence-corrected chi connectivity index (χ1v) is 6.67. The fraction of sp³-hybridized carbons (Fsp3) is 0.769. The highest BCUT2D eigenvalue weighted by Gasteiger charge is 2.08. The monoisotopic (exact) mass is 256 g/mol. The summed E-state index contributed by atoms with van der Waals surface area (Å²) < 4.78 is 10.1. The zero-order valence-electron chi connectivity index (χ0n) is 11.2. The van der Waals surface area contributed by atoms with Crippen molar-refractivity contribution in [2.75, 3.05) is 52.5 Å². The average Bonchev–Trinajstić information content (AvgIpc) is 2.39. The molecule has 0 atom stereocenters. The molecule has 0 aromatic rings. The number of ether oxygens (including phenoxy) is 2. The Kier molecular flexibility index (Phi) is 8.46. The highest BCUT2D eigenvalue weighted by atomic mass is 16.5. The summed E-state index contributed by atoms with van der Waals surface area (Å²) in [5, 5.41) is 3.27. The zero-order valence-corrected chi connectivity index (χ0v) is 11.2. The summed E-state index contributed by atoms with van der Waals surface area (Å²) >= 11 is 0. The molecule has 1 N–H and O–H groups in total. The van der Waals surface area contributed by atoms with Crippen LogP contribution in [-0.2, 0) is 14.3 Å². The largest absolute Gasteiger partial charge is 0.463 e. The van der Waals surface area contributed by atoms with Gasteiger partial charge < -0.3 is 14.8 Å². The molecule has 5 nitrogen and oxygen atoms in total. The number of nitrogens with one attached hydrogen (secondary N) is 1. The van der Waals surface area contributed by atoms with Gasteiger partial charge in [0.05, 0.1) is 19.8 Å². The predicted molar refractivity (Wildman–Crippen MR) is 70.5 cm³/mol. The van der Waals surface area contributed by atoms with E-state index in [1.54, 1.807) is 13.0 Å². The third kappa shape index (κ3) is 7.42. The second kappa shape index (κ2) is 10.1. The molecule has 0 aliphatic carbocycles. The van der Waals surface area contributed by atoms with Crippen LogP contribution in [0.15, 0.2) is 12.2 Å². The molecule has 1 rings (SSSR count). The number of carbonyl (C=O) groups excluding carboxylic acids is 1. The second-order valence-corrected chi connectivity index (χ2v) is 4.17. The van der Waals surface area contributed by atoms with Gasteiger partial charge in [-0.25, -0.2) is 4.79 Å². The lowest BCUT2D eigenvalue weighted by molar-refractivity contribution is -0.137. The first-order chi connectivity index (χ1) is 8.83. The Morgan fingerprint density at radius 3 is 2.94 bits per heavy atom. The molecular weight excluding hydrogens is 232 g/mol. The highest BCUT2D eigenvalue weighted by molar-refractivity contribution is 5.81. The van der Waals surface area contributed by atoms with Crippen LogP contribution in [0.5, 0.6) is 0 Å². The smallest absolute Gasteiger partial charge is 0.330 e. The first kappa shape index (κ1) is 15.1. The van der Waals surface area contributed by atoms with Crippen molar-refractivity contribution in [3.63, 3.8) is 0 Å². The molecule has 0 spiro atoms. The number of hydrogen-bond donors (Lipinski definition) is 1. The van der Waals surface area contributed by atoms with Crippen LogP contribution < -0.4 is 5.32 Å². The summed E-state index contributed by atoms with van der Waals surface area (Å²) in [5.41, 5.74) is 0. The summed E-state index contributed by atoms with van der Waals surface area (Å²) in [7, 11) is 0. The van der Waals surface area contributed by atoms with Crippen molar-refractivity contribution in [3.05, 3.63) is 12.2 Å². The second-order valence-electron chi connectivity index (χ2n) is 4.17. The number of rotatable bonds is 8.